The zero-order valence-corrected chi connectivity index (χ0v) is 21.8. The fraction of sp³-hybridized carbons (Fsp3) is 0.176. The van der Waals surface area contributed by atoms with E-state index in [9.17, 15) is 0 Å². The first-order valence-electron chi connectivity index (χ1n) is 12.8. The van der Waals surface area contributed by atoms with Gasteiger partial charge in [0, 0.05) is 27.1 Å². The second kappa shape index (κ2) is 7.94. The average Bonchev–Trinajstić information content (AvgIpc) is 3.38. The Labute approximate surface area is 217 Å². The van der Waals surface area contributed by atoms with Crippen LogP contribution in [0, 0.1) is 5.92 Å². The highest BCUT2D eigenvalue weighted by Crippen LogP contribution is 2.55. The summed E-state index contributed by atoms with van der Waals surface area (Å²) in [7, 11) is 0. The Kier molecular flexibility index (Phi) is 4.78. The van der Waals surface area contributed by atoms with E-state index in [1.165, 1.54) is 59.9 Å². The Bertz CT molecular complexity index is 1600. The maximum absolute atomic E-state index is 2.48. The number of thiophene rings is 1. The molecule has 1 nitrogen and oxygen atoms in total. The van der Waals surface area contributed by atoms with Crippen LogP contribution in [-0.4, -0.2) is 0 Å². The molecule has 0 saturated carbocycles. The highest BCUT2D eigenvalue weighted by atomic mass is 32.1. The molecule has 0 bridgehead atoms. The summed E-state index contributed by atoms with van der Waals surface area (Å²) in [5.74, 6) is 0.470. The molecule has 176 valence electrons. The Morgan fingerprint density at radius 3 is 2.08 bits per heavy atom. The normalized spacial score (nSPS) is 17.3. The molecule has 2 heteroatoms. The quantitative estimate of drug-likeness (QED) is 0.247. The molecule has 1 unspecified atom stereocenters. The molecule has 0 radical (unpaired) electrons. The average molecular weight is 484 g/mol. The fourth-order valence-electron chi connectivity index (χ4n) is 6.28. The van der Waals surface area contributed by atoms with Crippen LogP contribution in [0.25, 0.3) is 26.9 Å². The largest absolute Gasteiger partial charge is 0.309 e. The first kappa shape index (κ1) is 21.6. The lowest BCUT2D eigenvalue weighted by Gasteiger charge is -2.31. The fourth-order valence-corrected chi connectivity index (χ4v) is 7.69. The van der Waals surface area contributed by atoms with Crippen molar-refractivity contribution in [3.63, 3.8) is 0 Å². The van der Waals surface area contributed by atoms with Gasteiger partial charge < -0.3 is 4.90 Å². The van der Waals surface area contributed by atoms with Crippen molar-refractivity contribution in [1.82, 2.24) is 0 Å². The van der Waals surface area contributed by atoms with Gasteiger partial charge in [0.25, 0.3) is 0 Å². The molecule has 2 aliphatic carbocycles. The maximum atomic E-state index is 2.48. The molecule has 7 rings (SSSR count). The van der Waals surface area contributed by atoms with Crippen LogP contribution in [0.2, 0.25) is 0 Å². The zero-order chi connectivity index (χ0) is 24.4. The Hall–Kier alpha value is -3.62. The Morgan fingerprint density at radius 2 is 1.39 bits per heavy atom. The summed E-state index contributed by atoms with van der Waals surface area (Å²) in [5.41, 5.74) is 11.0. The molecule has 0 amide bonds. The van der Waals surface area contributed by atoms with E-state index >= 15 is 0 Å². The molecule has 0 aliphatic heterocycles. The van der Waals surface area contributed by atoms with E-state index < -0.39 is 0 Å². The second-order valence-corrected chi connectivity index (χ2v) is 11.7. The summed E-state index contributed by atoms with van der Waals surface area (Å²) in [6, 6.07) is 35.4. The second-order valence-electron chi connectivity index (χ2n) is 10.7. The van der Waals surface area contributed by atoms with Crippen molar-refractivity contribution in [1.29, 1.82) is 0 Å². The molecule has 2 aliphatic rings. The van der Waals surface area contributed by atoms with Crippen molar-refractivity contribution in [3.05, 3.63) is 125 Å². The summed E-state index contributed by atoms with van der Waals surface area (Å²) >= 11 is 1.99. The van der Waals surface area contributed by atoms with Gasteiger partial charge in [0.15, 0.2) is 0 Å². The van der Waals surface area contributed by atoms with E-state index in [1.807, 2.05) is 11.3 Å². The topological polar surface area (TPSA) is 3.24 Å². The minimum Gasteiger partial charge on any atom is -0.309 e. The van der Waals surface area contributed by atoms with Crippen molar-refractivity contribution in [2.24, 2.45) is 5.92 Å². The first-order valence-corrected chi connectivity index (χ1v) is 13.7. The molecule has 1 aromatic heterocycles. The summed E-state index contributed by atoms with van der Waals surface area (Å²) in [6.07, 6.45) is 3.57. The zero-order valence-electron chi connectivity index (χ0n) is 21.0. The number of anilines is 2. The maximum Gasteiger partial charge on any atom is 0.0600 e. The molecule has 5 aromatic rings. The predicted molar refractivity (Wildman–Crippen MR) is 155 cm³/mol. The summed E-state index contributed by atoms with van der Waals surface area (Å²) in [6.45, 7) is 7.10. The van der Waals surface area contributed by atoms with Crippen LogP contribution in [0.3, 0.4) is 0 Å². The molecular weight excluding hydrogens is 454 g/mol. The summed E-state index contributed by atoms with van der Waals surface area (Å²) < 4.78 is 1.44. The third-order valence-electron chi connectivity index (χ3n) is 7.97. The van der Waals surface area contributed by atoms with E-state index in [1.54, 1.807) is 0 Å². The van der Waals surface area contributed by atoms with E-state index in [0.29, 0.717) is 5.92 Å². The van der Waals surface area contributed by atoms with Gasteiger partial charge in [0.1, 0.15) is 0 Å². The van der Waals surface area contributed by atoms with E-state index in [2.05, 4.69) is 129 Å². The monoisotopic (exact) mass is 483 g/mol. The molecule has 1 atom stereocenters. The van der Waals surface area contributed by atoms with Crippen LogP contribution < -0.4 is 4.90 Å². The molecule has 0 spiro atoms. The molecule has 0 N–H and O–H groups in total. The minimum absolute atomic E-state index is 0.0245. The van der Waals surface area contributed by atoms with Crippen LogP contribution in [0.5, 0.6) is 0 Å². The highest BCUT2D eigenvalue weighted by molar-refractivity contribution is 7.21. The summed E-state index contributed by atoms with van der Waals surface area (Å²) in [5, 5.41) is 1.43. The van der Waals surface area contributed by atoms with Crippen molar-refractivity contribution < 1.29 is 0 Å². The third-order valence-corrected chi connectivity index (χ3v) is 9.26. The lowest BCUT2D eigenvalue weighted by molar-refractivity contribution is 0.661. The smallest absolute Gasteiger partial charge is 0.0600 e. The van der Waals surface area contributed by atoms with Gasteiger partial charge in [-0.1, -0.05) is 99.6 Å². The molecule has 0 saturated heterocycles. The van der Waals surface area contributed by atoms with Gasteiger partial charge in [-0.2, -0.15) is 0 Å². The number of fused-ring (bicyclic) bond motifs is 7. The number of allylic oxidation sites excluding steroid dienone is 1. The van der Waals surface area contributed by atoms with Gasteiger partial charge in [-0.25, -0.2) is 0 Å². The lowest BCUT2D eigenvalue weighted by Crippen LogP contribution is -2.19. The van der Waals surface area contributed by atoms with Gasteiger partial charge in [0.05, 0.1) is 10.6 Å². The third kappa shape index (κ3) is 3.07. The number of nitrogens with zero attached hydrogens (tertiary/aromatic N) is 1. The Morgan fingerprint density at radius 1 is 0.750 bits per heavy atom. The molecule has 4 aromatic carbocycles. The molecule has 1 heterocycles. The van der Waals surface area contributed by atoms with Gasteiger partial charge in [-0.05, 0) is 64.2 Å². The van der Waals surface area contributed by atoms with Crippen molar-refractivity contribution in [2.75, 3.05) is 4.90 Å². The van der Waals surface area contributed by atoms with Gasteiger partial charge in [-0.3, -0.25) is 0 Å². The molecule has 0 fully saturated rings. The van der Waals surface area contributed by atoms with Crippen molar-refractivity contribution >= 4 is 38.5 Å². The van der Waals surface area contributed by atoms with Crippen LogP contribution in [-0.2, 0) is 11.8 Å². The van der Waals surface area contributed by atoms with Gasteiger partial charge >= 0.3 is 0 Å². The number of hydrogen-bond acceptors (Lipinski definition) is 2. The van der Waals surface area contributed by atoms with Crippen molar-refractivity contribution in [3.8, 4) is 11.1 Å². The standard InChI is InChI=1S/C34H29NS/c1-22-20-27-25-18-19-29-31(26-16-10-11-17-28(26)34(29,2)3)33(25)36-32(27)30(21-22)35(23-12-6-4-7-13-23)24-14-8-5-9-15-24/h4-19,21-22H,20H2,1-3H3. The molecular formula is C34H29NS. The van der Waals surface area contributed by atoms with E-state index in [0.717, 1.165) is 6.42 Å². The highest BCUT2D eigenvalue weighted by Gasteiger charge is 2.38. The number of rotatable bonds is 3. The van der Waals surface area contributed by atoms with Gasteiger partial charge in [0.2, 0.25) is 0 Å². The van der Waals surface area contributed by atoms with Crippen LogP contribution in [0.4, 0.5) is 11.4 Å². The van der Waals surface area contributed by atoms with Crippen LogP contribution >= 0.6 is 11.3 Å². The van der Waals surface area contributed by atoms with E-state index in [4.69, 9.17) is 0 Å². The molecule has 36 heavy (non-hydrogen) atoms. The minimum atomic E-state index is 0.0245. The first-order chi connectivity index (χ1) is 17.5. The lowest BCUT2D eigenvalue weighted by atomic mass is 9.82. The van der Waals surface area contributed by atoms with Crippen molar-refractivity contribution in [2.45, 2.75) is 32.6 Å². The van der Waals surface area contributed by atoms with Gasteiger partial charge in [-0.15, -0.1) is 11.3 Å². The van der Waals surface area contributed by atoms with E-state index in [-0.39, 0.29) is 5.41 Å². The number of benzene rings is 4. The van der Waals surface area contributed by atoms with Crippen LogP contribution in [0.1, 0.15) is 42.3 Å². The predicted octanol–water partition coefficient (Wildman–Crippen LogP) is 9.58. The van der Waals surface area contributed by atoms with Crippen LogP contribution in [0.15, 0.2) is 103 Å². The number of hydrogen-bond donors (Lipinski definition) is 0. The number of para-hydroxylation sites is 2. The Balaban J connectivity index is 1.50. The summed E-state index contributed by atoms with van der Waals surface area (Å²) in [4.78, 5) is 3.86. The SMILES string of the molecule is CC1C=C(N(c2ccccc2)c2ccccc2)c2sc3c4c(ccc3c2C1)C(C)(C)c1ccccc1-4.